The molecule has 5 heteroatoms. The lowest BCUT2D eigenvalue weighted by atomic mass is 10.1. The van der Waals surface area contributed by atoms with Crippen LogP contribution in [0.4, 0.5) is 0 Å². The molecule has 1 aromatic heterocycles. The first-order valence-electron chi connectivity index (χ1n) is 3.93. The molecule has 0 bridgehead atoms. The van der Waals surface area contributed by atoms with E-state index in [0.717, 1.165) is 5.69 Å². The molecule has 1 aliphatic rings. The van der Waals surface area contributed by atoms with Crippen molar-refractivity contribution in [3.05, 3.63) is 23.3 Å². The van der Waals surface area contributed by atoms with Crippen LogP contribution >= 0.6 is 0 Å². The molecular formula is C8H8N2O3. The van der Waals surface area contributed by atoms with Gasteiger partial charge in [0.15, 0.2) is 5.69 Å². The molecule has 1 N–H and O–H groups in total. The highest BCUT2D eigenvalue weighted by atomic mass is 16.5. The largest absolute Gasteiger partial charge is 0.476 e. The number of fused-ring (bicyclic) bond motifs is 1. The van der Waals surface area contributed by atoms with Crippen molar-refractivity contribution in [2.75, 3.05) is 6.61 Å². The molecule has 2 heterocycles. The number of aromatic nitrogens is 2. The molecule has 13 heavy (non-hydrogen) atoms. The van der Waals surface area contributed by atoms with Gasteiger partial charge in [0, 0.05) is 12.0 Å². The number of carboxylic acids is 1. The van der Waals surface area contributed by atoms with E-state index >= 15 is 0 Å². The molecule has 1 aliphatic heterocycles. The van der Waals surface area contributed by atoms with Gasteiger partial charge in [0.1, 0.15) is 6.33 Å². The highest BCUT2D eigenvalue weighted by Gasteiger charge is 2.19. The fourth-order valence-electron chi connectivity index (χ4n) is 1.34. The highest BCUT2D eigenvalue weighted by Crippen LogP contribution is 2.16. The standard InChI is InChI=1S/C8H8N2O3/c11-8(12)7-5-3-13-2-1-6(5)9-4-10-7/h4H,1-3H2,(H,11,12). The second-order valence-corrected chi connectivity index (χ2v) is 2.76. The highest BCUT2D eigenvalue weighted by molar-refractivity contribution is 5.87. The molecule has 1 aromatic rings. The number of carbonyl (C=O) groups is 1. The molecule has 0 saturated carbocycles. The summed E-state index contributed by atoms with van der Waals surface area (Å²) in [4.78, 5) is 18.4. The monoisotopic (exact) mass is 180 g/mol. The maximum absolute atomic E-state index is 10.7. The summed E-state index contributed by atoms with van der Waals surface area (Å²) in [5, 5.41) is 8.79. The summed E-state index contributed by atoms with van der Waals surface area (Å²) in [7, 11) is 0. The molecule has 0 aromatic carbocycles. The first-order chi connectivity index (χ1) is 6.29. The number of nitrogens with zero attached hydrogens (tertiary/aromatic N) is 2. The Labute approximate surface area is 74.4 Å². The molecule has 0 spiro atoms. The first kappa shape index (κ1) is 8.12. The third kappa shape index (κ3) is 1.38. The van der Waals surface area contributed by atoms with Crippen LogP contribution in [0.2, 0.25) is 0 Å². The topological polar surface area (TPSA) is 72.3 Å². The molecule has 0 aliphatic carbocycles. The van der Waals surface area contributed by atoms with Gasteiger partial charge in [0.2, 0.25) is 0 Å². The number of rotatable bonds is 1. The minimum absolute atomic E-state index is 0.0599. The number of ether oxygens (including phenoxy) is 1. The quantitative estimate of drug-likeness (QED) is 0.670. The van der Waals surface area contributed by atoms with Gasteiger partial charge >= 0.3 is 5.97 Å². The van der Waals surface area contributed by atoms with Gasteiger partial charge in [-0.15, -0.1) is 0 Å². The summed E-state index contributed by atoms with van der Waals surface area (Å²) >= 11 is 0. The molecule has 0 fully saturated rings. The van der Waals surface area contributed by atoms with Gasteiger partial charge in [-0.25, -0.2) is 14.8 Å². The van der Waals surface area contributed by atoms with E-state index in [2.05, 4.69) is 9.97 Å². The Morgan fingerprint density at radius 3 is 3.15 bits per heavy atom. The van der Waals surface area contributed by atoms with E-state index in [-0.39, 0.29) is 5.69 Å². The second kappa shape index (κ2) is 3.10. The number of hydrogen-bond donors (Lipinski definition) is 1. The SMILES string of the molecule is O=C(O)c1ncnc2c1COCC2. The van der Waals surface area contributed by atoms with Crippen molar-refractivity contribution in [2.24, 2.45) is 0 Å². The van der Waals surface area contributed by atoms with Crippen LogP contribution in [0.5, 0.6) is 0 Å². The molecule has 0 atom stereocenters. The number of carboxylic acid groups (broad SMARTS) is 1. The molecule has 68 valence electrons. The lowest BCUT2D eigenvalue weighted by molar-refractivity contribution is 0.0672. The average molecular weight is 180 g/mol. The van der Waals surface area contributed by atoms with E-state index in [4.69, 9.17) is 9.84 Å². The zero-order valence-electron chi connectivity index (χ0n) is 6.86. The predicted molar refractivity (Wildman–Crippen MR) is 42.4 cm³/mol. The van der Waals surface area contributed by atoms with Gasteiger partial charge in [-0.2, -0.15) is 0 Å². The summed E-state index contributed by atoms with van der Waals surface area (Å²) in [5.41, 5.74) is 1.46. The van der Waals surface area contributed by atoms with Crippen molar-refractivity contribution in [3.63, 3.8) is 0 Å². The molecule has 0 radical (unpaired) electrons. The van der Waals surface area contributed by atoms with Crippen LogP contribution in [-0.4, -0.2) is 27.7 Å². The van der Waals surface area contributed by atoms with Crippen molar-refractivity contribution >= 4 is 5.97 Å². The summed E-state index contributed by atoms with van der Waals surface area (Å²) in [6, 6.07) is 0. The molecule has 2 rings (SSSR count). The Morgan fingerprint density at radius 2 is 2.38 bits per heavy atom. The number of aromatic carboxylic acids is 1. The van der Waals surface area contributed by atoms with Crippen molar-refractivity contribution in [2.45, 2.75) is 13.0 Å². The van der Waals surface area contributed by atoms with Gasteiger partial charge < -0.3 is 9.84 Å². The molecule has 5 nitrogen and oxygen atoms in total. The van der Waals surface area contributed by atoms with E-state index < -0.39 is 5.97 Å². The third-order valence-corrected chi connectivity index (χ3v) is 1.97. The maximum Gasteiger partial charge on any atom is 0.355 e. The van der Waals surface area contributed by atoms with Gasteiger partial charge in [-0.1, -0.05) is 0 Å². The van der Waals surface area contributed by atoms with Crippen LogP contribution in [0.3, 0.4) is 0 Å². The fraction of sp³-hybridized carbons (Fsp3) is 0.375. The van der Waals surface area contributed by atoms with Gasteiger partial charge in [0.05, 0.1) is 18.9 Å². The second-order valence-electron chi connectivity index (χ2n) is 2.76. The van der Waals surface area contributed by atoms with Gasteiger partial charge in [-0.05, 0) is 0 Å². The van der Waals surface area contributed by atoms with Crippen molar-refractivity contribution < 1.29 is 14.6 Å². The van der Waals surface area contributed by atoms with Crippen LogP contribution in [0.1, 0.15) is 21.7 Å². The summed E-state index contributed by atoms with van der Waals surface area (Å²) < 4.78 is 5.14. The van der Waals surface area contributed by atoms with E-state index in [1.165, 1.54) is 6.33 Å². The van der Waals surface area contributed by atoms with E-state index in [9.17, 15) is 4.79 Å². The minimum Gasteiger partial charge on any atom is -0.476 e. The van der Waals surface area contributed by atoms with Gasteiger partial charge in [-0.3, -0.25) is 0 Å². The zero-order chi connectivity index (χ0) is 9.26. The molecule has 0 amide bonds. The minimum atomic E-state index is -1.02. The van der Waals surface area contributed by atoms with Crippen molar-refractivity contribution in [3.8, 4) is 0 Å². The Balaban J connectivity index is 2.52. The third-order valence-electron chi connectivity index (χ3n) is 1.97. The summed E-state index contributed by atoms with van der Waals surface area (Å²) in [6.45, 7) is 0.904. The Kier molecular flexibility index (Phi) is 1.94. The Morgan fingerprint density at radius 1 is 1.54 bits per heavy atom. The van der Waals surface area contributed by atoms with Crippen LogP contribution < -0.4 is 0 Å². The smallest absolute Gasteiger partial charge is 0.355 e. The first-order valence-corrected chi connectivity index (χ1v) is 3.93. The van der Waals surface area contributed by atoms with E-state index in [1.807, 2.05) is 0 Å². The Hall–Kier alpha value is -1.49. The van der Waals surface area contributed by atoms with Crippen molar-refractivity contribution in [1.29, 1.82) is 0 Å². The molecular weight excluding hydrogens is 172 g/mol. The maximum atomic E-state index is 10.7. The van der Waals surface area contributed by atoms with Gasteiger partial charge in [0.25, 0.3) is 0 Å². The average Bonchev–Trinajstić information content (AvgIpc) is 2.17. The van der Waals surface area contributed by atoms with E-state index in [0.29, 0.717) is 25.2 Å². The van der Waals surface area contributed by atoms with Crippen LogP contribution in [0.25, 0.3) is 0 Å². The normalized spacial score (nSPS) is 15.1. The van der Waals surface area contributed by atoms with E-state index in [1.54, 1.807) is 0 Å². The molecule has 0 saturated heterocycles. The van der Waals surface area contributed by atoms with Crippen LogP contribution in [0, 0.1) is 0 Å². The van der Waals surface area contributed by atoms with Crippen molar-refractivity contribution in [1.82, 2.24) is 9.97 Å². The lowest BCUT2D eigenvalue weighted by Crippen LogP contribution is -2.17. The van der Waals surface area contributed by atoms with Crippen LogP contribution in [0.15, 0.2) is 6.33 Å². The number of hydrogen-bond acceptors (Lipinski definition) is 4. The van der Waals surface area contributed by atoms with Crippen LogP contribution in [-0.2, 0) is 17.8 Å². The fourth-order valence-corrected chi connectivity index (χ4v) is 1.34. The lowest BCUT2D eigenvalue weighted by Gasteiger charge is -2.15. The molecule has 0 unspecified atom stereocenters. The Bertz CT molecular complexity index is 351. The summed E-state index contributed by atoms with van der Waals surface area (Å²) in [6.07, 6.45) is 1.95. The predicted octanol–water partition coefficient (Wildman–Crippen LogP) is 0.248. The zero-order valence-corrected chi connectivity index (χ0v) is 6.86. The summed E-state index contributed by atoms with van der Waals surface area (Å²) in [5.74, 6) is -1.02.